The fourth-order valence-corrected chi connectivity index (χ4v) is 2.22. The van der Waals surface area contributed by atoms with Gasteiger partial charge in [-0.3, -0.25) is 4.79 Å². The first-order valence-electron chi connectivity index (χ1n) is 4.46. The van der Waals surface area contributed by atoms with Crippen molar-refractivity contribution < 1.29 is 9.53 Å². The van der Waals surface area contributed by atoms with Crippen LogP contribution in [0.1, 0.15) is 11.6 Å². The third kappa shape index (κ3) is 1.59. The van der Waals surface area contributed by atoms with Crippen LogP contribution in [-0.4, -0.2) is 23.0 Å². The van der Waals surface area contributed by atoms with Gasteiger partial charge in [-0.05, 0) is 0 Å². The summed E-state index contributed by atoms with van der Waals surface area (Å²) < 4.78 is 5.35. The number of nitrogens with zero attached hydrogens (tertiary/aromatic N) is 2. The Morgan fingerprint density at radius 1 is 1.56 bits per heavy atom. The molecule has 84 valence electrons. The summed E-state index contributed by atoms with van der Waals surface area (Å²) >= 11 is 1.37. The molecule has 4 N–H and O–H groups in total. The molecule has 0 bridgehead atoms. The topological polar surface area (TPSA) is 104 Å². The molecule has 0 aromatic carbocycles. The van der Waals surface area contributed by atoms with Crippen LogP contribution in [0.4, 0.5) is 5.82 Å². The Bertz CT molecular complexity index is 539. The van der Waals surface area contributed by atoms with Crippen LogP contribution in [0, 0.1) is 0 Å². The SMILES string of the molecule is COC(=O)[C@@H](N)c1cnc(N)c2ncsc12. The quantitative estimate of drug-likeness (QED) is 0.736. The Morgan fingerprint density at radius 2 is 2.31 bits per heavy atom. The molecule has 0 spiro atoms. The van der Waals surface area contributed by atoms with Gasteiger partial charge in [0.25, 0.3) is 0 Å². The van der Waals surface area contributed by atoms with Crippen molar-refractivity contribution in [2.75, 3.05) is 12.8 Å². The van der Waals surface area contributed by atoms with E-state index in [2.05, 4.69) is 14.7 Å². The number of nitrogen functional groups attached to an aromatic ring is 1. The Labute approximate surface area is 95.2 Å². The second-order valence-electron chi connectivity index (χ2n) is 3.13. The number of rotatable bonds is 2. The summed E-state index contributed by atoms with van der Waals surface area (Å²) in [6.07, 6.45) is 1.48. The highest BCUT2D eigenvalue weighted by Gasteiger charge is 2.21. The number of esters is 1. The lowest BCUT2D eigenvalue weighted by atomic mass is 10.1. The molecule has 0 saturated heterocycles. The Morgan fingerprint density at radius 3 is 3.00 bits per heavy atom. The number of aromatic nitrogens is 2. The standard InChI is InChI=1S/C9H10N4O2S/c1-15-9(14)5(10)4-2-12-8(11)6-7(4)16-3-13-6/h2-3,5H,10H2,1H3,(H2,11,12)/t5-/m0/s1. The molecule has 2 rings (SSSR count). The van der Waals surface area contributed by atoms with Crippen LogP contribution < -0.4 is 11.5 Å². The lowest BCUT2D eigenvalue weighted by molar-refractivity contribution is -0.142. The first-order valence-corrected chi connectivity index (χ1v) is 5.34. The Balaban J connectivity index is 2.57. The minimum absolute atomic E-state index is 0.331. The van der Waals surface area contributed by atoms with Crippen LogP contribution in [0.25, 0.3) is 10.2 Å². The summed E-state index contributed by atoms with van der Waals surface area (Å²) in [4.78, 5) is 19.4. The van der Waals surface area contributed by atoms with E-state index in [0.717, 1.165) is 4.70 Å². The van der Waals surface area contributed by atoms with Crippen molar-refractivity contribution in [1.29, 1.82) is 0 Å². The van der Waals surface area contributed by atoms with Gasteiger partial charge in [-0.1, -0.05) is 0 Å². The van der Waals surface area contributed by atoms with Crippen molar-refractivity contribution in [2.45, 2.75) is 6.04 Å². The van der Waals surface area contributed by atoms with E-state index in [1.807, 2.05) is 0 Å². The monoisotopic (exact) mass is 238 g/mol. The van der Waals surface area contributed by atoms with Gasteiger partial charge < -0.3 is 16.2 Å². The van der Waals surface area contributed by atoms with Crippen molar-refractivity contribution >= 4 is 33.3 Å². The average Bonchev–Trinajstić information content (AvgIpc) is 2.77. The molecule has 0 fully saturated rings. The van der Waals surface area contributed by atoms with Gasteiger partial charge in [0.15, 0.2) is 5.82 Å². The second-order valence-corrected chi connectivity index (χ2v) is 3.98. The zero-order valence-corrected chi connectivity index (χ0v) is 9.32. The van der Waals surface area contributed by atoms with E-state index in [-0.39, 0.29) is 0 Å². The summed E-state index contributed by atoms with van der Waals surface area (Å²) in [6.45, 7) is 0. The molecule has 1 atom stereocenters. The molecule has 0 saturated carbocycles. The maximum Gasteiger partial charge on any atom is 0.327 e. The predicted octanol–water partition coefficient (Wildman–Crippen LogP) is 0.446. The van der Waals surface area contributed by atoms with Crippen LogP contribution >= 0.6 is 11.3 Å². The fourth-order valence-electron chi connectivity index (χ4n) is 1.37. The van der Waals surface area contributed by atoms with Crippen molar-refractivity contribution in [2.24, 2.45) is 5.73 Å². The van der Waals surface area contributed by atoms with Crippen LogP contribution in [0.2, 0.25) is 0 Å². The third-order valence-electron chi connectivity index (χ3n) is 2.21. The van der Waals surface area contributed by atoms with Crippen molar-refractivity contribution in [1.82, 2.24) is 9.97 Å². The van der Waals surface area contributed by atoms with Crippen LogP contribution in [0.3, 0.4) is 0 Å². The van der Waals surface area contributed by atoms with E-state index in [1.54, 1.807) is 5.51 Å². The summed E-state index contributed by atoms with van der Waals surface area (Å²) in [7, 11) is 1.29. The van der Waals surface area contributed by atoms with Crippen LogP contribution in [-0.2, 0) is 9.53 Å². The number of methoxy groups -OCH3 is 1. The first-order chi connectivity index (χ1) is 7.65. The van der Waals surface area contributed by atoms with Gasteiger partial charge in [0.1, 0.15) is 11.6 Å². The number of carbonyl (C=O) groups is 1. The number of fused-ring (bicyclic) bond motifs is 1. The van der Waals surface area contributed by atoms with Gasteiger partial charge in [0.05, 0.1) is 17.3 Å². The van der Waals surface area contributed by atoms with E-state index in [9.17, 15) is 4.79 Å². The van der Waals surface area contributed by atoms with E-state index in [0.29, 0.717) is 16.9 Å². The lowest BCUT2D eigenvalue weighted by Crippen LogP contribution is -2.23. The summed E-state index contributed by atoms with van der Waals surface area (Å²) in [5, 5.41) is 0. The predicted molar refractivity (Wildman–Crippen MR) is 60.8 cm³/mol. The summed E-state index contributed by atoms with van der Waals surface area (Å²) in [5.74, 6) is -0.182. The molecule has 2 heterocycles. The average molecular weight is 238 g/mol. The first kappa shape index (κ1) is 10.8. The molecule has 0 aliphatic rings. The molecule has 0 amide bonds. The number of hydrogen-bond donors (Lipinski definition) is 2. The molecular formula is C9H10N4O2S. The van der Waals surface area contributed by atoms with Gasteiger partial charge in [0, 0.05) is 11.8 Å². The lowest BCUT2D eigenvalue weighted by Gasteiger charge is -2.10. The van der Waals surface area contributed by atoms with Crippen LogP contribution in [0.15, 0.2) is 11.7 Å². The minimum atomic E-state index is -0.860. The number of pyridine rings is 1. The van der Waals surface area contributed by atoms with E-state index in [1.165, 1.54) is 24.6 Å². The van der Waals surface area contributed by atoms with E-state index < -0.39 is 12.0 Å². The van der Waals surface area contributed by atoms with Gasteiger partial charge in [-0.25, -0.2) is 9.97 Å². The molecule has 0 radical (unpaired) electrons. The maximum atomic E-state index is 11.3. The molecule has 16 heavy (non-hydrogen) atoms. The number of nitrogens with two attached hydrogens (primary N) is 2. The van der Waals surface area contributed by atoms with Crippen LogP contribution in [0.5, 0.6) is 0 Å². The molecule has 7 heteroatoms. The maximum absolute atomic E-state index is 11.3. The molecular weight excluding hydrogens is 228 g/mol. The van der Waals surface area contributed by atoms with Gasteiger partial charge in [-0.2, -0.15) is 0 Å². The molecule has 0 aliphatic carbocycles. The molecule has 2 aromatic rings. The number of ether oxygens (including phenoxy) is 1. The normalized spacial score (nSPS) is 12.6. The molecule has 6 nitrogen and oxygen atoms in total. The van der Waals surface area contributed by atoms with Gasteiger partial charge in [0.2, 0.25) is 0 Å². The Kier molecular flexibility index (Phi) is 2.71. The number of hydrogen-bond acceptors (Lipinski definition) is 7. The highest BCUT2D eigenvalue weighted by molar-refractivity contribution is 7.17. The summed E-state index contributed by atoms with van der Waals surface area (Å²) in [5.41, 5.74) is 14.2. The smallest absolute Gasteiger partial charge is 0.327 e. The van der Waals surface area contributed by atoms with Gasteiger partial charge >= 0.3 is 5.97 Å². The Hall–Kier alpha value is -1.73. The number of anilines is 1. The number of thiazole rings is 1. The highest BCUT2D eigenvalue weighted by Crippen LogP contribution is 2.28. The largest absolute Gasteiger partial charge is 0.468 e. The molecule has 0 unspecified atom stereocenters. The van der Waals surface area contributed by atoms with Crippen molar-refractivity contribution in [3.8, 4) is 0 Å². The van der Waals surface area contributed by atoms with E-state index >= 15 is 0 Å². The zero-order valence-electron chi connectivity index (χ0n) is 8.51. The molecule has 0 aliphatic heterocycles. The molecule has 2 aromatic heterocycles. The minimum Gasteiger partial charge on any atom is -0.468 e. The second kappa shape index (κ2) is 4.03. The third-order valence-corrected chi connectivity index (χ3v) is 3.08. The summed E-state index contributed by atoms with van der Waals surface area (Å²) in [6, 6.07) is -0.860. The fraction of sp³-hybridized carbons (Fsp3) is 0.222. The highest BCUT2D eigenvalue weighted by atomic mass is 32.1. The number of carbonyl (C=O) groups excluding carboxylic acids is 1. The van der Waals surface area contributed by atoms with E-state index in [4.69, 9.17) is 11.5 Å². The van der Waals surface area contributed by atoms with Crippen molar-refractivity contribution in [3.05, 3.63) is 17.3 Å². The van der Waals surface area contributed by atoms with Crippen molar-refractivity contribution in [3.63, 3.8) is 0 Å². The van der Waals surface area contributed by atoms with Gasteiger partial charge in [-0.15, -0.1) is 11.3 Å². The zero-order chi connectivity index (χ0) is 11.7.